The molecule has 0 radical (unpaired) electrons. The molecule has 0 saturated carbocycles. The summed E-state index contributed by atoms with van der Waals surface area (Å²) in [6.45, 7) is 9.72. The fourth-order valence-corrected chi connectivity index (χ4v) is 1.39. The second-order valence-electron chi connectivity index (χ2n) is 3.59. The Morgan fingerprint density at radius 2 is 1.64 bits per heavy atom. The molecule has 11 heavy (non-hydrogen) atoms. The zero-order valence-electron chi connectivity index (χ0n) is 8.22. The third-order valence-corrected chi connectivity index (χ3v) is 1.88. The van der Waals surface area contributed by atoms with Gasteiger partial charge in [0, 0.05) is 0 Å². The third-order valence-electron chi connectivity index (χ3n) is 1.88. The summed E-state index contributed by atoms with van der Waals surface area (Å²) in [5, 5.41) is 0. The molecule has 0 aliphatic carbocycles. The van der Waals surface area contributed by atoms with Crippen LogP contribution in [0.15, 0.2) is 11.6 Å². The van der Waals surface area contributed by atoms with Gasteiger partial charge in [-0.1, -0.05) is 39.3 Å². The summed E-state index contributed by atoms with van der Waals surface area (Å²) in [4.78, 5) is 0. The van der Waals surface area contributed by atoms with E-state index in [-0.39, 0.29) is 0 Å². The van der Waals surface area contributed by atoms with Gasteiger partial charge in [-0.05, 0) is 24.8 Å². The molecule has 0 rings (SSSR count). The molecular formula is C10H21N. The predicted molar refractivity (Wildman–Crippen MR) is 51.4 cm³/mol. The molecule has 0 aliphatic heterocycles. The second kappa shape index (κ2) is 5.36. The van der Waals surface area contributed by atoms with Crippen LogP contribution in [0, 0.1) is 11.8 Å². The number of hydrogen-bond donors (Lipinski definition) is 1. The van der Waals surface area contributed by atoms with E-state index in [1.807, 2.05) is 0 Å². The van der Waals surface area contributed by atoms with Gasteiger partial charge >= 0.3 is 0 Å². The highest BCUT2D eigenvalue weighted by Gasteiger charge is 2.06. The summed E-state index contributed by atoms with van der Waals surface area (Å²) >= 11 is 0. The van der Waals surface area contributed by atoms with Gasteiger partial charge in [0.15, 0.2) is 0 Å². The maximum Gasteiger partial charge on any atom is -0.00425 e. The highest BCUT2D eigenvalue weighted by atomic mass is 14.5. The molecule has 0 saturated heterocycles. The average molecular weight is 155 g/mol. The van der Waals surface area contributed by atoms with E-state index < -0.39 is 0 Å². The Bertz CT molecular complexity index is 113. The van der Waals surface area contributed by atoms with E-state index in [4.69, 9.17) is 5.73 Å². The lowest BCUT2D eigenvalue weighted by atomic mass is 9.92. The fourth-order valence-electron chi connectivity index (χ4n) is 1.39. The lowest BCUT2D eigenvalue weighted by Crippen LogP contribution is -2.04. The molecule has 1 heteroatoms. The molecule has 0 spiro atoms. The Hall–Kier alpha value is -0.300. The summed E-state index contributed by atoms with van der Waals surface area (Å²) in [7, 11) is 0. The lowest BCUT2D eigenvalue weighted by Gasteiger charge is -2.15. The van der Waals surface area contributed by atoms with Gasteiger partial charge < -0.3 is 5.73 Å². The van der Waals surface area contributed by atoms with Crippen LogP contribution in [0.2, 0.25) is 0 Å². The van der Waals surface area contributed by atoms with Gasteiger partial charge in [0.1, 0.15) is 0 Å². The van der Waals surface area contributed by atoms with Crippen LogP contribution < -0.4 is 5.73 Å². The Balaban J connectivity index is 4.09. The van der Waals surface area contributed by atoms with Gasteiger partial charge in [0.25, 0.3) is 0 Å². The van der Waals surface area contributed by atoms with Crippen molar-refractivity contribution in [2.24, 2.45) is 17.6 Å². The largest absolute Gasteiger partial charge is 0.330 e. The summed E-state index contributed by atoms with van der Waals surface area (Å²) in [6, 6.07) is 0. The standard InChI is InChI=1S/C10H21N/c1-8(2)10(9(3)4)6-5-7-11/h6,8-9H,5,7,11H2,1-4H3. The van der Waals surface area contributed by atoms with Crippen LogP contribution in [0.3, 0.4) is 0 Å². The highest BCUT2D eigenvalue weighted by Crippen LogP contribution is 2.19. The Morgan fingerprint density at radius 3 is 1.91 bits per heavy atom. The minimum Gasteiger partial charge on any atom is -0.330 e. The number of nitrogens with two attached hydrogens (primary N) is 1. The van der Waals surface area contributed by atoms with E-state index in [2.05, 4.69) is 33.8 Å². The molecule has 0 unspecified atom stereocenters. The first-order chi connectivity index (χ1) is 5.09. The lowest BCUT2D eigenvalue weighted by molar-refractivity contribution is 0.620. The molecule has 0 heterocycles. The second-order valence-corrected chi connectivity index (χ2v) is 3.59. The highest BCUT2D eigenvalue weighted by molar-refractivity contribution is 5.07. The van der Waals surface area contributed by atoms with E-state index >= 15 is 0 Å². The van der Waals surface area contributed by atoms with Crippen molar-refractivity contribution in [1.82, 2.24) is 0 Å². The van der Waals surface area contributed by atoms with Crippen LogP contribution in [0.5, 0.6) is 0 Å². The van der Waals surface area contributed by atoms with Crippen LogP contribution in [0.25, 0.3) is 0 Å². The zero-order chi connectivity index (χ0) is 8.85. The first-order valence-electron chi connectivity index (χ1n) is 4.49. The number of allylic oxidation sites excluding steroid dienone is 1. The van der Waals surface area contributed by atoms with Crippen molar-refractivity contribution in [3.8, 4) is 0 Å². The number of hydrogen-bond acceptors (Lipinski definition) is 1. The van der Waals surface area contributed by atoms with Crippen molar-refractivity contribution in [1.29, 1.82) is 0 Å². The van der Waals surface area contributed by atoms with Crippen molar-refractivity contribution in [3.05, 3.63) is 11.6 Å². The van der Waals surface area contributed by atoms with Crippen LogP contribution in [0.1, 0.15) is 34.1 Å². The van der Waals surface area contributed by atoms with Crippen LogP contribution in [-0.2, 0) is 0 Å². The summed E-state index contributed by atoms with van der Waals surface area (Å²) < 4.78 is 0. The van der Waals surface area contributed by atoms with Crippen molar-refractivity contribution in [2.75, 3.05) is 6.54 Å². The molecule has 0 fully saturated rings. The quantitative estimate of drug-likeness (QED) is 0.620. The SMILES string of the molecule is CC(C)C(=CCCN)C(C)C. The maximum atomic E-state index is 5.43. The van der Waals surface area contributed by atoms with E-state index in [1.165, 1.54) is 5.57 Å². The Labute approximate surface area is 70.7 Å². The monoisotopic (exact) mass is 155 g/mol. The molecule has 0 aromatic rings. The summed E-state index contributed by atoms with van der Waals surface area (Å²) in [5.41, 5.74) is 6.97. The van der Waals surface area contributed by atoms with E-state index in [9.17, 15) is 0 Å². The summed E-state index contributed by atoms with van der Waals surface area (Å²) in [6.07, 6.45) is 3.31. The van der Waals surface area contributed by atoms with Crippen molar-refractivity contribution >= 4 is 0 Å². The van der Waals surface area contributed by atoms with E-state index in [0.29, 0.717) is 11.8 Å². The molecular weight excluding hydrogens is 134 g/mol. The molecule has 0 bridgehead atoms. The van der Waals surface area contributed by atoms with Crippen LogP contribution in [0.4, 0.5) is 0 Å². The smallest absolute Gasteiger partial charge is 0.00425 e. The third kappa shape index (κ3) is 4.20. The number of rotatable bonds is 4. The van der Waals surface area contributed by atoms with Gasteiger partial charge in [-0.2, -0.15) is 0 Å². The molecule has 0 atom stereocenters. The topological polar surface area (TPSA) is 26.0 Å². The van der Waals surface area contributed by atoms with Gasteiger partial charge in [0.05, 0.1) is 0 Å². The van der Waals surface area contributed by atoms with E-state index in [0.717, 1.165) is 13.0 Å². The molecule has 1 nitrogen and oxygen atoms in total. The maximum absolute atomic E-state index is 5.43. The van der Waals surface area contributed by atoms with Crippen LogP contribution in [-0.4, -0.2) is 6.54 Å². The normalized spacial score (nSPS) is 10.8. The molecule has 2 N–H and O–H groups in total. The van der Waals surface area contributed by atoms with Gasteiger partial charge in [0.2, 0.25) is 0 Å². The van der Waals surface area contributed by atoms with Crippen LogP contribution >= 0.6 is 0 Å². The molecule has 0 aliphatic rings. The fraction of sp³-hybridized carbons (Fsp3) is 0.800. The Kier molecular flexibility index (Phi) is 5.22. The minimum absolute atomic E-state index is 0.668. The van der Waals surface area contributed by atoms with Gasteiger partial charge in [-0.3, -0.25) is 0 Å². The van der Waals surface area contributed by atoms with Gasteiger partial charge in [-0.25, -0.2) is 0 Å². The van der Waals surface area contributed by atoms with E-state index in [1.54, 1.807) is 0 Å². The molecule has 0 amide bonds. The molecule has 0 aromatic heterocycles. The first kappa shape index (κ1) is 10.7. The predicted octanol–water partition coefficient (Wildman–Crippen LogP) is 2.57. The van der Waals surface area contributed by atoms with Gasteiger partial charge in [-0.15, -0.1) is 0 Å². The van der Waals surface area contributed by atoms with Crippen molar-refractivity contribution < 1.29 is 0 Å². The zero-order valence-corrected chi connectivity index (χ0v) is 8.22. The average Bonchev–Trinajstić information content (AvgIpc) is 1.87. The Morgan fingerprint density at radius 1 is 1.18 bits per heavy atom. The summed E-state index contributed by atoms with van der Waals surface area (Å²) in [5.74, 6) is 1.34. The first-order valence-corrected chi connectivity index (χ1v) is 4.49. The van der Waals surface area contributed by atoms with Crippen molar-refractivity contribution in [3.63, 3.8) is 0 Å². The van der Waals surface area contributed by atoms with Crippen molar-refractivity contribution in [2.45, 2.75) is 34.1 Å². The molecule has 66 valence electrons. The minimum atomic E-state index is 0.668. The molecule has 0 aromatic carbocycles.